The molecule has 22 heavy (non-hydrogen) atoms. The van der Waals surface area contributed by atoms with Crippen LogP contribution in [-0.2, 0) is 10.0 Å². The van der Waals surface area contributed by atoms with E-state index in [9.17, 15) is 13.2 Å². The van der Waals surface area contributed by atoms with Gasteiger partial charge in [0.25, 0.3) is 10.0 Å². The first-order valence-electron chi connectivity index (χ1n) is 6.92. The number of thiophene rings is 1. The van der Waals surface area contributed by atoms with Crippen LogP contribution in [0.4, 0.5) is 4.79 Å². The number of hydrogen-bond acceptors (Lipinski definition) is 4. The largest absolute Gasteiger partial charge is 0.333 e. The van der Waals surface area contributed by atoms with Crippen LogP contribution in [-0.4, -0.2) is 55.4 Å². The Kier molecular flexibility index (Phi) is 5.06. The molecule has 1 fully saturated rings. The number of hydrogen-bond donors (Lipinski definition) is 1. The average Bonchev–Trinajstić information content (AvgIpc) is 2.84. The SMILES string of the molecule is CC(C)(C)NC(=O)N1CCN(S(=O)(=O)c2ccc(Cl)s2)CC1. The van der Waals surface area contributed by atoms with Crippen LogP contribution in [0.3, 0.4) is 0 Å². The van der Waals surface area contributed by atoms with Crippen LogP contribution >= 0.6 is 22.9 Å². The van der Waals surface area contributed by atoms with Gasteiger partial charge < -0.3 is 10.2 Å². The molecule has 2 rings (SSSR count). The number of piperazine rings is 1. The normalized spacial score (nSPS) is 17.5. The number of sulfonamides is 1. The Bertz CT molecular complexity index is 644. The molecule has 6 nitrogen and oxygen atoms in total. The molecule has 0 atom stereocenters. The lowest BCUT2D eigenvalue weighted by molar-refractivity contribution is 0.165. The van der Waals surface area contributed by atoms with E-state index in [1.807, 2.05) is 20.8 Å². The third kappa shape index (κ3) is 4.13. The van der Waals surface area contributed by atoms with Crippen molar-refractivity contribution in [3.63, 3.8) is 0 Å². The van der Waals surface area contributed by atoms with Crippen LogP contribution in [0.25, 0.3) is 0 Å². The van der Waals surface area contributed by atoms with Gasteiger partial charge in [-0.3, -0.25) is 0 Å². The molecule has 1 N–H and O–H groups in total. The molecule has 0 unspecified atom stereocenters. The summed E-state index contributed by atoms with van der Waals surface area (Å²) >= 11 is 6.85. The Morgan fingerprint density at radius 2 is 1.82 bits per heavy atom. The first-order chi connectivity index (χ1) is 10.1. The lowest BCUT2D eigenvalue weighted by atomic mass is 10.1. The van der Waals surface area contributed by atoms with Gasteiger partial charge in [0.15, 0.2) is 0 Å². The highest BCUT2D eigenvalue weighted by molar-refractivity contribution is 7.91. The number of amides is 2. The molecule has 0 saturated carbocycles. The molecule has 1 aromatic rings. The van der Waals surface area contributed by atoms with Gasteiger partial charge >= 0.3 is 6.03 Å². The fourth-order valence-corrected chi connectivity index (χ4v) is 5.15. The minimum atomic E-state index is -3.52. The highest BCUT2D eigenvalue weighted by atomic mass is 35.5. The van der Waals surface area contributed by atoms with Gasteiger partial charge in [0.05, 0.1) is 4.34 Å². The molecular formula is C13H20ClN3O3S2. The van der Waals surface area contributed by atoms with E-state index in [0.29, 0.717) is 17.4 Å². The zero-order chi connectivity index (χ0) is 16.5. The summed E-state index contributed by atoms with van der Waals surface area (Å²) in [4.78, 5) is 13.7. The molecule has 1 aliphatic rings. The first kappa shape index (κ1) is 17.5. The molecular weight excluding hydrogens is 346 g/mol. The third-order valence-electron chi connectivity index (χ3n) is 3.15. The fourth-order valence-electron chi connectivity index (χ4n) is 2.09. The lowest BCUT2D eigenvalue weighted by Gasteiger charge is -2.35. The van der Waals surface area contributed by atoms with Crippen molar-refractivity contribution in [3.8, 4) is 0 Å². The van der Waals surface area contributed by atoms with Crippen molar-refractivity contribution in [2.24, 2.45) is 0 Å². The topological polar surface area (TPSA) is 69.7 Å². The Balaban J connectivity index is 1.99. The Morgan fingerprint density at radius 3 is 2.27 bits per heavy atom. The highest BCUT2D eigenvalue weighted by Crippen LogP contribution is 2.28. The van der Waals surface area contributed by atoms with E-state index in [-0.39, 0.29) is 28.9 Å². The van der Waals surface area contributed by atoms with Crippen LogP contribution in [0.1, 0.15) is 20.8 Å². The molecule has 1 saturated heterocycles. The summed E-state index contributed by atoms with van der Waals surface area (Å²) in [5.74, 6) is 0. The summed E-state index contributed by atoms with van der Waals surface area (Å²) < 4.78 is 27.0. The summed E-state index contributed by atoms with van der Waals surface area (Å²) in [7, 11) is -3.52. The number of urea groups is 1. The zero-order valence-electron chi connectivity index (χ0n) is 12.8. The van der Waals surface area contributed by atoms with Crippen molar-refractivity contribution in [2.75, 3.05) is 26.2 Å². The van der Waals surface area contributed by atoms with Crippen molar-refractivity contribution < 1.29 is 13.2 Å². The molecule has 1 aromatic heterocycles. The van der Waals surface area contributed by atoms with Crippen molar-refractivity contribution in [1.82, 2.24) is 14.5 Å². The van der Waals surface area contributed by atoms with E-state index in [1.165, 1.54) is 10.4 Å². The summed E-state index contributed by atoms with van der Waals surface area (Å²) in [6, 6.07) is 2.93. The minimum Gasteiger partial charge on any atom is -0.333 e. The monoisotopic (exact) mass is 365 g/mol. The maximum absolute atomic E-state index is 12.5. The van der Waals surface area contributed by atoms with Crippen LogP contribution < -0.4 is 5.32 Å². The number of carbonyl (C=O) groups is 1. The average molecular weight is 366 g/mol. The molecule has 2 heterocycles. The maximum atomic E-state index is 12.5. The first-order valence-corrected chi connectivity index (χ1v) is 9.56. The van der Waals surface area contributed by atoms with Crippen LogP contribution in [0, 0.1) is 0 Å². The third-order valence-corrected chi connectivity index (χ3v) is 6.75. The fraction of sp³-hybridized carbons (Fsp3) is 0.615. The second-order valence-corrected chi connectivity index (χ2v) is 10.0. The van der Waals surface area contributed by atoms with Gasteiger partial charge in [-0.25, -0.2) is 13.2 Å². The van der Waals surface area contributed by atoms with Crippen LogP contribution in [0.5, 0.6) is 0 Å². The summed E-state index contributed by atoms with van der Waals surface area (Å²) in [6.07, 6.45) is 0. The molecule has 2 amide bonds. The molecule has 0 bridgehead atoms. The number of rotatable bonds is 2. The summed E-state index contributed by atoms with van der Waals surface area (Å²) in [5.41, 5.74) is -0.311. The van der Waals surface area contributed by atoms with E-state index < -0.39 is 10.0 Å². The van der Waals surface area contributed by atoms with Crippen LogP contribution in [0.2, 0.25) is 4.34 Å². The zero-order valence-corrected chi connectivity index (χ0v) is 15.2. The molecule has 0 aliphatic carbocycles. The maximum Gasteiger partial charge on any atom is 0.317 e. The van der Waals surface area contributed by atoms with Crippen molar-refractivity contribution in [2.45, 2.75) is 30.5 Å². The number of carbonyl (C=O) groups excluding carboxylic acids is 1. The van der Waals surface area contributed by atoms with E-state index in [1.54, 1.807) is 11.0 Å². The van der Waals surface area contributed by atoms with E-state index in [0.717, 1.165) is 11.3 Å². The van der Waals surface area contributed by atoms with Crippen molar-refractivity contribution >= 4 is 39.0 Å². The molecule has 9 heteroatoms. The number of halogens is 1. The van der Waals surface area contributed by atoms with E-state index >= 15 is 0 Å². The second kappa shape index (κ2) is 6.35. The van der Waals surface area contributed by atoms with Gasteiger partial charge in [0.2, 0.25) is 0 Å². The molecule has 0 spiro atoms. The number of nitrogens with one attached hydrogen (secondary N) is 1. The minimum absolute atomic E-state index is 0.163. The number of nitrogens with zero attached hydrogens (tertiary/aromatic N) is 2. The molecule has 1 aliphatic heterocycles. The Hall–Kier alpha value is -0.830. The van der Waals surface area contributed by atoms with Gasteiger partial charge in [-0.05, 0) is 32.9 Å². The van der Waals surface area contributed by atoms with Gasteiger partial charge in [-0.2, -0.15) is 4.31 Å². The Labute approximate surface area is 140 Å². The van der Waals surface area contributed by atoms with Crippen molar-refractivity contribution in [3.05, 3.63) is 16.5 Å². The standard InChI is InChI=1S/C13H20ClN3O3S2/c1-13(2,3)15-12(18)16-6-8-17(9-7-16)22(19,20)11-5-4-10(14)21-11/h4-5H,6-9H2,1-3H3,(H,15,18). The molecule has 0 aromatic carbocycles. The predicted octanol–water partition coefficient (Wildman–Crippen LogP) is 2.22. The molecule has 124 valence electrons. The lowest BCUT2D eigenvalue weighted by Crippen LogP contribution is -2.55. The second-order valence-electron chi connectivity index (χ2n) is 6.13. The predicted molar refractivity (Wildman–Crippen MR) is 87.9 cm³/mol. The van der Waals surface area contributed by atoms with Gasteiger partial charge in [0.1, 0.15) is 4.21 Å². The van der Waals surface area contributed by atoms with Gasteiger partial charge in [0, 0.05) is 31.7 Å². The Morgan fingerprint density at radius 1 is 1.23 bits per heavy atom. The summed E-state index contributed by atoms with van der Waals surface area (Å²) in [5, 5.41) is 2.88. The van der Waals surface area contributed by atoms with Crippen molar-refractivity contribution in [1.29, 1.82) is 0 Å². The summed E-state index contributed by atoms with van der Waals surface area (Å²) in [6.45, 7) is 7.05. The molecule has 0 radical (unpaired) electrons. The van der Waals surface area contributed by atoms with Gasteiger partial charge in [-0.15, -0.1) is 11.3 Å². The quantitative estimate of drug-likeness (QED) is 0.873. The smallest absolute Gasteiger partial charge is 0.317 e. The van der Waals surface area contributed by atoms with E-state index in [4.69, 9.17) is 11.6 Å². The highest BCUT2D eigenvalue weighted by Gasteiger charge is 2.31. The van der Waals surface area contributed by atoms with Crippen LogP contribution in [0.15, 0.2) is 16.3 Å². The van der Waals surface area contributed by atoms with E-state index in [2.05, 4.69) is 5.32 Å². The van der Waals surface area contributed by atoms with Gasteiger partial charge in [-0.1, -0.05) is 11.6 Å².